The van der Waals surface area contributed by atoms with Crippen LogP contribution < -0.4 is 15.2 Å². The smallest absolute Gasteiger partial charge is 0.308 e. The SMILES string of the molecule is CCCCN(CCCN)C(=O)CN1C[C@H](c2ccc3c(c2)CCO3)[C@@H](C(=O)O)[C@@H]1CCNS(C)(=O)=O. The van der Waals surface area contributed by atoms with Crippen molar-refractivity contribution in [3.8, 4) is 5.75 Å². The Labute approximate surface area is 214 Å². The van der Waals surface area contributed by atoms with E-state index in [1.165, 1.54) is 0 Å². The summed E-state index contributed by atoms with van der Waals surface area (Å²) < 4.78 is 31.4. The van der Waals surface area contributed by atoms with Gasteiger partial charge in [-0.2, -0.15) is 0 Å². The molecule has 36 heavy (non-hydrogen) atoms. The maximum atomic E-state index is 13.3. The second-order valence-corrected chi connectivity index (χ2v) is 11.6. The zero-order chi connectivity index (χ0) is 26.3. The van der Waals surface area contributed by atoms with Gasteiger partial charge in [0.25, 0.3) is 0 Å². The molecule has 0 radical (unpaired) electrons. The fourth-order valence-corrected chi connectivity index (χ4v) is 5.77. The number of carboxylic acid groups (broad SMARTS) is 1. The number of carboxylic acids is 1. The third kappa shape index (κ3) is 7.41. The van der Waals surface area contributed by atoms with Crippen molar-refractivity contribution >= 4 is 21.9 Å². The number of carbonyl (C=O) groups excluding carboxylic acids is 1. The molecule has 2 heterocycles. The van der Waals surface area contributed by atoms with E-state index in [4.69, 9.17) is 10.5 Å². The Bertz CT molecular complexity index is 1010. The highest BCUT2D eigenvalue weighted by atomic mass is 32.2. The van der Waals surface area contributed by atoms with Gasteiger partial charge in [-0.25, -0.2) is 13.1 Å². The minimum absolute atomic E-state index is 0.0508. The van der Waals surface area contributed by atoms with E-state index in [9.17, 15) is 23.1 Å². The molecule has 1 saturated heterocycles. The molecule has 11 heteroatoms. The standard InChI is InChI=1S/C25H40N4O6S/c1-3-4-12-28(13-5-10-26)23(30)17-29-16-20(18-6-7-22-19(15-18)9-14-35-22)24(25(31)32)21(29)8-11-27-36(2,33)34/h6-7,15,20-21,24,27H,3-5,8-14,16-17,26H2,1-2H3,(H,31,32)/t20-,21+,24-/m1/s1. The molecule has 0 aromatic heterocycles. The number of carbonyl (C=O) groups is 2. The number of nitrogens with zero attached hydrogens (tertiary/aromatic N) is 2. The average molecular weight is 525 g/mol. The number of likely N-dealkylation sites (tertiary alicyclic amines) is 1. The summed E-state index contributed by atoms with van der Waals surface area (Å²) in [5.74, 6) is -1.26. The van der Waals surface area contributed by atoms with Crippen LogP contribution in [0.3, 0.4) is 0 Å². The summed E-state index contributed by atoms with van der Waals surface area (Å²) in [6, 6.07) is 5.34. The lowest BCUT2D eigenvalue weighted by Crippen LogP contribution is -2.45. The summed E-state index contributed by atoms with van der Waals surface area (Å²) in [4.78, 5) is 29.6. The van der Waals surface area contributed by atoms with Crippen molar-refractivity contribution in [3.63, 3.8) is 0 Å². The van der Waals surface area contributed by atoms with Crippen LogP contribution in [-0.4, -0.2) is 93.4 Å². The molecule has 0 unspecified atom stereocenters. The molecule has 3 rings (SSSR count). The van der Waals surface area contributed by atoms with E-state index >= 15 is 0 Å². The van der Waals surface area contributed by atoms with Gasteiger partial charge in [0.05, 0.1) is 25.3 Å². The van der Waals surface area contributed by atoms with E-state index < -0.39 is 28.0 Å². The molecule has 0 saturated carbocycles. The maximum Gasteiger partial charge on any atom is 0.308 e. The van der Waals surface area contributed by atoms with Gasteiger partial charge < -0.3 is 20.5 Å². The Morgan fingerprint density at radius 3 is 2.69 bits per heavy atom. The molecule has 0 spiro atoms. The highest BCUT2D eigenvalue weighted by molar-refractivity contribution is 7.88. The zero-order valence-electron chi connectivity index (χ0n) is 21.3. The van der Waals surface area contributed by atoms with E-state index in [0.717, 1.165) is 42.4 Å². The van der Waals surface area contributed by atoms with Crippen molar-refractivity contribution in [2.45, 2.75) is 51.0 Å². The Hall–Kier alpha value is -2.21. The minimum atomic E-state index is -3.42. The van der Waals surface area contributed by atoms with Gasteiger partial charge in [-0.1, -0.05) is 25.5 Å². The molecule has 3 atom stereocenters. The van der Waals surface area contributed by atoms with Crippen molar-refractivity contribution in [1.29, 1.82) is 0 Å². The highest BCUT2D eigenvalue weighted by Crippen LogP contribution is 2.41. The number of amides is 1. The molecule has 0 aliphatic carbocycles. The zero-order valence-corrected chi connectivity index (χ0v) is 22.1. The monoisotopic (exact) mass is 524 g/mol. The Kier molecular flexibility index (Phi) is 10.1. The first-order valence-electron chi connectivity index (χ1n) is 12.8. The average Bonchev–Trinajstić information content (AvgIpc) is 3.42. The van der Waals surface area contributed by atoms with Crippen LogP contribution in [0.1, 0.15) is 49.7 Å². The molecule has 1 fully saturated rings. The van der Waals surface area contributed by atoms with Gasteiger partial charge in [0.2, 0.25) is 15.9 Å². The molecule has 0 bridgehead atoms. The van der Waals surface area contributed by atoms with Crippen molar-refractivity contribution in [1.82, 2.24) is 14.5 Å². The molecule has 2 aliphatic heterocycles. The highest BCUT2D eigenvalue weighted by Gasteiger charge is 2.47. The van der Waals surface area contributed by atoms with Gasteiger partial charge in [0.15, 0.2) is 0 Å². The van der Waals surface area contributed by atoms with Gasteiger partial charge in [-0.05, 0) is 43.0 Å². The number of aliphatic carboxylic acids is 1. The van der Waals surface area contributed by atoms with E-state index in [-0.39, 0.29) is 24.9 Å². The number of rotatable bonds is 14. The first kappa shape index (κ1) is 28.4. The molecule has 1 aromatic rings. The fourth-order valence-electron chi connectivity index (χ4n) is 5.29. The van der Waals surface area contributed by atoms with Crippen molar-refractivity contribution in [2.75, 3.05) is 52.1 Å². The topological polar surface area (TPSA) is 142 Å². The van der Waals surface area contributed by atoms with Crippen LogP contribution >= 0.6 is 0 Å². The number of nitrogens with one attached hydrogen (secondary N) is 1. The summed E-state index contributed by atoms with van der Waals surface area (Å²) in [7, 11) is -3.42. The summed E-state index contributed by atoms with van der Waals surface area (Å²) in [6.07, 6.45) is 4.70. The predicted octanol–water partition coefficient (Wildman–Crippen LogP) is 1.01. The van der Waals surface area contributed by atoms with Gasteiger partial charge in [-0.15, -0.1) is 0 Å². The summed E-state index contributed by atoms with van der Waals surface area (Å²) in [5, 5.41) is 10.3. The van der Waals surface area contributed by atoms with Gasteiger partial charge >= 0.3 is 5.97 Å². The Morgan fingerprint density at radius 1 is 1.28 bits per heavy atom. The molecule has 202 valence electrons. The fraction of sp³-hybridized carbons (Fsp3) is 0.680. The summed E-state index contributed by atoms with van der Waals surface area (Å²) >= 11 is 0. The van der Waals surface area contributed by atoms with Gasteiger partial charge in [0, 0.05) is 44.6 Å². The van der Waals surface area contributed by atoms with Crippen LogP contribution in [0.25, 0.3) is 0 Å². The normalized spacial score (nSPS) is 21.8. The lowest BCUT2D eigenvalue weighted by Gasteiger charge is -2.29. The second kappa shape index (κ2) is 12.8. The molecule has 2 aliphatic rings. The number of sulfonamides is 1. The van der Waals surface area contributed by atoms with E-state index in [2.05, 4.69) is 11.6 Å². The minimum Gasteiger partial charge on any atom is -0.493 e. The first-order valence-corrected chi connectivity index (χ1v) is 14.7. The number of nitrogens with two attached hydrogens (primary N) is 1. The first-order chi connectivity index (χ1) is 17.1. The van der Waals surface area contributed by atoms with Crippen molar-refractivity contribution in [3.05, 3.63) is 29.3 Å². The van der Waals surface area contributed by atoms with Crippen LogP contribution in [0, 0.1) is 5.92 Å². The van der Waals surface area contributed by atoms with Crippen LogP contribution in [0.5, 0.6) is 5.75 Å². The lowest BCUT2D eigenvalue weighted by atomic mass is 9.83. The van der Waals surface area contributed by atoms with Crippen molar-refractivity contribution < 1.29 is 27.9 Å². The number of benzene rings is 1. The van der Waals surface area contributed by atoms with Crippen LogP contribution in [-0.2, 0) is 26.0 Å². The quantitative estimate of drug-likeness (QED) is 0.327. The summed E-state index contributed by atoms with van der Waals surface area (Å²) in [6.45, 7) is 4.99. The van der Waals surface area contributed by atoms with Crippen LogP contribution in [0.15, 0.2) is 18.2 Å². The van der Waals surface area contributed by atoms with Gasteiger partial charge in [-0.3, -0.25) is 14.5 Å². The summed E-state index contributed by atoms with van der Waals surface area (Å²) in [5.41, 5.74) is 7.65. The number of ether oxygens (including phenoxy) is 1. The molecule has 1 aromatic carbocycles. The largest absolute Gasteiger partial charge is 0.493 e. The van der Waals surface area contributed by atoms with E-state index in [0.29, 0.717) is 45.6 Å². The van der Waals surface area contributed by atoms with E-state index in [1.807, 2.05) is 28.0 Å². The molecule has 4 N–H and O–H groups in total. The predicted molar refractivity (Wildman–Crippen MR) is 137 cm³/mol. The maximum absolute atomic E-state index is 13.3. The molecular formula is C25H40N4O6S. The number of hydrogen-bond donors (Lipinski definition) is 3. The molecular weight excluding hydrogens is 484 g/mol. The van der Waals surface area contributed by atoms with E-state index in [1.54, 1.807) is 0 Å². The number of fused-ring (bicyclic) bond motifs is 1. The van der Waals surface area contributed by atoms with Crippen LogP contribution in [0.4, 0.5) is 0 Å². The third-order valence-corrected chi connectivity index (χ3v) is 7.81. The number of unbranched alkanes of at least 4 members (excludes halogenated alkanes) is 1. The molecule has 1 amide bonds. The van der Waals surface area contributed by atoms with Gasteiger partial charge in [0.1, 0.15) is 5.75 Å². The Balaban J connectivity index is 1.85. The number of hydrogen-bond acceptors (Lipinski definition) is 7. The second-order valence-electron chi connectivity index (χ2n) is 9.76. The Morgan fingerprint density at radius 2 is 2.03 bits per heavy atom. The lowest BCUT2D eigenvalue weighted by molar-refractivity contribution is -0.143. The molecule has 10 nitrogen and oxygen atoms in total. The third-order valence-electron chi connectivity index (χ3n) is 7.08. The van der Waals surface area contributed by atoms with Crippen LogP contribution in [0.2, 0.25) is 0 Å². The van der Waals surface area contributed by atoms with Crippen molar-refractivity contribution in [2.24, 2.45) is 11.7 Å².